The fraction of sp³-hybridized carbons (Fsp3) is 0.300. The first-order valence-electron chi connectivity index (χ1n) is 4.81. The number of ether oxygens (including phenoxy) is 2. The molecule has 1 saturated heterocycles. The molecule has 1 fully saturated rings. The molecule has 1 aliphatic rings. The zero-order valence-corrected chi connectivity index (χ0v) is 8.06. The molecule has 0 radical (unpaired) electrons. The van der Waals surface area contributed by atoms with Crippen LogP contribution in [0.25, 0.3) is 10.9 Å². The summed E-state index contributed by atoms with van der Waals surface area (Å²) in [6.07, 6.45) is -0.321. The normalized spacial score (nSPS) is 17.6. The lowest BCUT2D eigenvalue weighted by Crippen LogP contribution is -1.98. The van der Waals surface area contributed by atoms with Crippen LogP contribution in [-0.2, 0) is 9.47 Å². The molecule has 2 aromatic rings. The molecular formula is C10H11N3O2. The van der Waals surface area contributed by atoms with Gasteiger partial charge in [-0.05, 0) is 18.2 Å². The fourth-order valence-electron chi connectivity index (χ4n) is 1.75. The van der Waals surface area contributed by atoms with Crippen molar-refractivity contribution in [2.75, 3.05) is 18.9 Å². The minimum Gasteiger partial charge on any atom is -0.399 e. The van der Waals surface area contributed by atoms with Crippen LogP contribution in [0.15, 0.2) is 18.2 Å². The highest BCUT2D eigenvalue weighted by Gasteiger charge is 2.22. The van der Waals surface area contributed by atoms with Crippen LogP contribution < -0.4 is 5.73 Å². The Hall–Kier alpha value is -1.59. The summed E-state index contributed by atoms with van der Waals surface area (Å²) in [5.41, 5.74) is 8.07. The summed E-state index contributed by atoms with van der Waals surface area (Å²) in [5, 5.41) is 8.08. The molecule has 78 valence electrons. The molecule has 1 aromatic heterocycles. The Labute approximate surface area is 86.2 Å². The highest BCUT2D eigenvalue weighted by Crippen LogP contribution is 2.28. The molecule has 3 N–H and O–H groups in total. The lowest BCUT2D eigenvalue weighted by atomic mass is 10.2. The third-order valence-corrected chi connectivity index (χ3v) is 2.47. The minimum absolute atomic E-state index is 0.321. The van der Waals surface area contributed by atoms with Gasteiger partial charge in [0.25, 0.3) is 0 Å². The van der Waals surface area contributed by atoms with E-state index in [1.807, 2.05) is 18.2 Å². The maximum atomic E-state index is 5.67. The van der Waals surface area contributed by atoms with Gasteiger partial charge in [0.1, 0.15) is 0 Å². The summed E-state index contributed by atoms with van der Waals surface area (Å²) >= 11 is 0. The fourth-order valence-corrected chi connectivity index (χ4v) is 1.75. The van der Waals surface area contributed by atoms with Crippen molar-refractivity contribution >= 4 is 16.6 Å². The second-order valence-electron chi connectivity index (χ2n) is 3.49. The summed E-state index contributed by atoms with van der Waals surface area (Å²) in [6, 6.07) is 5.59. The molecule has 1 aromatic carbocycles. The molecule has 0 bridgehead atoms. The molecular weight excluding hydrogens is 194 g/mol. The highest BCUT2D eigenvalue weighted by molar-refractivity contribution is 5.84. The quantitative estimate of drug-likeness (QED) is 0.686. The standard InChI is InChI=1S/C10H11N3O2/c11-6-1-2-7-8(5-6)12-13-9(7)10-14-3-4-15-10/h1-2,5,10H,3-4,11H2,(H,12,13). The van der Waals surface area contributed by atoms with E-state index >= 15 is 0 Å². The van der Waals surface area contributed by atoms with Crippen molar-refractivity contribution in [3.8, 4) is 0 Å². The summed E-state index contributed by atoms with van der Waals surface area (Å²) in [7, 11) is 0. The van der Waals surface area contributed by atoms with E-state index in [4.69, 9.17) is 15.2 Å². The van der Waals surface area contributed by atoms with E-state index in [2.05, 4.69) is 10.2 Å². The Morgan fingerprint density at radius 2 is 2.13 bits per heavy atom. The molecule has 0 spiro atoms. The van der Waals surface area contributed by atoms with Crippen molar-refractivity contribution in [2.45, 2.75) is 6.29 Å². The molecule has 5 heteroatoms. The van der Waals surface area contributed by atoms with Crippen LogP contribution in [0.5, 0.6) is 0 Å². The number of nitrogen functional groups attached to an aromatic ring is 1. The van der Waals surface area contributed by atoms with Gasteiger partial charge in [-0.3, -0.25) is 5.10 Å². The van der Waals surface area contributed by atoms with Gasteiger partial charge in [-0.1, -0.05) is 0 Å². The Morgan fingerprint density at radius 1 is 1.33 bits per heavy atom. The highest BCUT2D eigenvalue weighted by atomic mass is 16.7. The molecule has 0 unspecified atom stereocenters. The van der Waals surface area contributed by atoms with Crippen LogP contribution >= 0.6 is 0 Å². The monoisotopic (exact) mass is 205 g/mol. The molecule has 0 amide bonds. The molecule has 2 heterocycles. The van der Waals surface area contributed by atoms with E-state index in [9.17, 15) is 0 Å². The number of nitrogens with zero attached hydrogens (tertiary/aromatic N) is 1. The van der Waals surface area contributed by atoms with Gasteiger partial charge in [-0.25, -0.2) is 0 Å². The number of aromatic amines is 1. The Kier molecular flexibility index (Phi) is 1.87. The summed E-state index contributed by atoms with van der Waals surface area (Å²) in [6.45, 7) is 1.25. The molecule has 0 aliphatic carbocycles. The van der Waals surface area contributed by atoms with Gasteiger partial charge in [0.2, 0.25) is 6.29 Å². The zero-order valence-electron chi connectivity index (χ0n) is 8.06. The van der Waals surface area contributed by atoms with Crippen LogP contribution in [0.2, 0.25) is 0 Å². The topological polar surface area (TPSA) is 73.2 Å². The van der Waals surface area contributed by atoms with Crippen molar-refractivity contribution in [1.82, 2.24) is 10.2 Å². The maximum absolute atomic E-state index is 5.67. The first-order chi connectivity index (χ1) is 7.34. The number of nitrogens with two attached hydrogens (primary N) is 1. The van der Waals surface area contributed by atoms with E-state index < -0.39 is 0 Å². The Balaban J connectivity index is 2.11. The first kappa shape index (κ1) is 8.70. The number of anilines is 1. The number of benzene rings is 1. The molecule has 15 heavy (non-hydrogen) atoms. The largest absolute Gasteiger partial charge is 0.399 e. The van der Waals surface area contributed by atoms with Gasteiger partial charge >= 0.3 is 0 Å². The van der Waals surface area contributed by atoms with Gasteiger partial charge in [-0.2, -0.15) is 5.10 Å². The van der Waals surface area contributed by atoms with Crippen LogP contribution in [0.1, 0.15) is 12.0 Å². The first-order valence-corrected chi connectivity index (χ1v) is 4.81. The molecule has 1 aliphatic heterocycles. The lowest BCUT2D eigenvalue weighted by Gasteiger charge is -2.06. The van der Waals surface area contributed by atoms with E-state index in [-0.39, 0.29) is 6.29 Å². The van der Waals surface area contributed by atoms with Gasteiger partial charge in [0.15, 0.2) is 0 Å². The number of rotatable bonds is 1. The number of nitrogens with one attached hydrogen (secondary N) is 1. The number of hydrogen-bond acceptors (Lipinski definition) is 4. The molecule has 3 rings (SSSR count). The predicted molar refractivity (Wildman–Crippen MR) is 55.2 cm³/mol. The van der Waals surface area contributed by atoms with Crippen LogP contribution in [0, 0.1) is 0 Å². The predicted octanol–water partition coefficient (Wildman–Crippen LogP) is 1.19. The third-order valence-electron chi connectivity index (χ3n) is 2.47. The second kappa shape index (κ2) is 3.22. The number of H-pyrrole nitrogens is 1. The van der Waals surface area contributed by atoms with Crippen molar-refractivity contribution < 1.29 is 9.47 Å². The molecule has 0 atom stereocenters. The third kappa shape index (κ3) is 1.36. The zero-order chi connectivity index (χ0) is 10.3. The lowest BCUT2D eigenvalue weighted by molar-refractivity contribution is -0.0462. The smallest absolute Gasteiger partial charge is 0.201 e. The average Bonchev–Trinajstić information content (AvgIpc) is 2.82. The van der Waals surface area contributed by atoms with Gasteiger partial charge < -0.3 is 15.2 Å². The second-order valence-corrected chi connectivity index (χ2v) is 3.49. The number of fused-ring (bicyclic) bond motifs is 1. The van der Waals surface area contributed by atoms with Crippen molar-refractivity contribution in [1.29, 1.82) is 0 Å². The summed E-state index contributed by atoms with van der Waals surface area (Å²) in [5.74, 6) is 0. The van der Waals surface area contributed by atoms with E-state index in [0.29, 0.717) is 18.9 Å². The van der Waals surface area contributed by atoms with Crippen molar-refractivity contribution in [3.05, 3.63) is 23.9 Å². The maximum Gasteiger partial charge on any atom is 0.201 e. The number of aromatic nitrogens is 2. The van der Waals surface area contributed by atoms with E-state index in [1.165, 1.54) is 0 Å². The van der Waals surface area contributed by atoms with Crippen LogP contribution in [0.4, 0.5) is 5.69 Å². The Bertz CT molecular complexity index is 488. The summed E-state index contributed by atoms with van der Waals surface area (Å²) in [4.78, 5) is 0. The van der Waals surface area contributed by atoms with Crippen LogP contribution in [0.3, 0.4) is 0 Å². The van der Waals surface area contributed by atoms with Crippen molar-refractivity contribution in [3.63, 3.8) is 0 Å². The molecule has 5 nitrogen and oxygen atoms in total. The van der Waals surface area contributed by atoms with E-state index in [1.54, 1.807) is 0 Å². The summed E-state index contributed by atoms with van der Waals surface area (Å²) < 4.78 is 10.8. The van der Waals surface area contributed by atoms with Gasteiger partial charge in [0.05, 0.1) is 24.4 Å². The molecule has 0 saturated carbocycles. The SMILES string of the molecule is Nc1ccc2c(C3OCCO3)[nH]nc2c1. The number of hydrogen-bond donors (Lipinski definition) is 2. The minimum atomic E-state index is -0.321. The van der Waals surface area contributed by atoms with Crippen molar-refractivity contribution in [2.24, 2.45) is 0 Å². The van der Waals surface area contributed by atoms with Gasteiger partial charge in [-0.15, -0.1) is 0 Å². The van der Waals surface area contributed by atoms with Gasteiger partial charge in [0, 0.05) is 11.1 Å². The Morgan fingerprint density at radius 3 is 2.93 bits per heavy atom. The van der Waals surface area contributed by atoms with E-state index in [0.717, 1.165) is 16.6 Å². The van der Waals surface area contributed by atoms with Crippen LogP contribution in [-0.4, -0.2) is 23.4 Å². The average molecular weight is 205 g/mol.